The van der Waals surface area contributed by atoms with Crippen LogP contribution in [0.25, 0.3) is 0 Å². The van der Waals surface area contributed by atoms with Crippen molar-refractivity contribution in [3.05, 3.63) is 51.9 Å². The highest BCUT2D eigenvalue weighted by Gasteiger charge is 2.21. The molecule has 7 nitrogen and oxygen atoms in total. The third kappa shape index (κ3) is 5.19. The van der Waals surface area contributed by atoms with E-state index in [-0.39, 0.29) is 18.2 Å². The summed E-state index contributed by atoms with van der Waals surface area (Å²) >= 11 is 3.08. The number of carbonyl (C=O) groups is 3. The van der Waals surface area contributed by atoms with Crippen LogP contribution in [-0.4, -0.2) is 30.4 Å². The fourth-order valence-corrected chi connectivity index (χ4v) is 2.51. The van der Waals surface area contributed by atoms with Gasteiger partial charge in [0, 0.05) is 5.69 Å². The van der Waals surface area contributed by atoms with Gasteiger partial charge < -0.3 is 19.8 Å². The quantitative estimate of drug-likeness (QED) is 0.697. The summed E-state index contributed by atoms with van der Waals surface area (Å²) in [6, 6.07) is 8.63. The molecule has 0 radical (unpaired) electrons. The molecule has 1 aromatic heterocycles. The predicted octanol–water partition coefficient (Wildman–Crippen LogP) is 2.96. The number of hydrogen-bond acceptors (Lipinski definition) is 5. The van der Waals surface area contributed by atoms with Gasteiger partial charge in [-0.05, 0) is 60.0 Å². The Morgan fingerprint density at radius 3 is 2.38 bits per heavy atom. The second-order valence-corrected chi connectivity index (χ2v) is 6.47. The zero-order valence-electron chi connectivity index (χ0n) is 14.6. The number of aryl methyl sites for hydroxylation is 2. The highest BCUT2D eigenvalue weighted by Crippen LogP contribution is 2.19. The second-order valence-electron chi connectivity index (χ2n) is 5.68. The average Bonchev–Trinajstić information content (AvgIpc) is 3.02. The number of amides is 2. The van der Waals surface area contributed by atoms with Gasteiger partial charge in [-0.3, -0.25) is 9.59 Å². The molecule has 0 unspecified atom stereocenters. The van der Waals surface area contributed by atoms with E-state index >= 15 is 0 Å². The lowest BCUT2D eigenvalue weighted by molar-refractivity contribution is -0.130. The minimum Gasteiger partial charge on any atom is -0.447 e. The molecule has 1 atom stereocenters. The van der Waals surface area contributed by atoms with Crippen molar-refractivity contribution in [1.29, 1.82) is 0 Å². The first-order valence-corrected chi connectivity index (χ1v) is 8.67. The molecule has 2 rings (SSSR count). The Kier molecular flexibility index (Phi) is 6.57. The van der Waals surface area contributed by atoms with Crippen LogP contribution in [0, 0.1) is 13.8 Å². The molecule has 0 fully saturated rings. The largest absolute Gasteiger partial charge is 0.447 e. The summed E-state index contributed by atoms with van der Waals surface area (Å²) in [7, 11) is 0. The van der Waals surface area contributed by atoms with Gasteiger partial charge in [0.2, 0.25) is 11.7 Å². The topological polar surface area (TPSA) is 97.6 Å². The maximum absolute atomic E-state index is 12.0. The first-order valence-electron chi connectivity index (χ1n) is 7.88. The number of esters is 1. The lowest BCUT2D eigenvalue weighted by Crippen LogP contribution is -2.40. The number of furan rings is 1. The van der Waals surface area contributed by atoms with E-state index in [1.54, 1.807) is 6.07 Å². The van der Waals surface area contributed by atoms with E-state index in [1.165, 1.54) is 13.0 Å². The molecule has 0 aliphatic heterocycles. The molecule has 2 N–H and O–H groups in total. The van der Waals surface area contributed by atoms with Crippen molar-refractivity contribution in [3.63, 3.8) is 0 Å². The summed E-state index contributed by atoms with van der Waals surface area (Å²) in [6.07, 6.45) is -1.07. The Balaban J connectivity index is 1.83. The number of ether oxygens (including phenoxy) is 1. The number of anilines is 1. The van der Waals surface area contributed by atoms with E-state index in [0.29, 0.717) is 4.67 Å². The smallest absolute Gasteiger partial charge is 0.375 e. The summed E-state index contributed by atoms with van der Waals surface area (Å²) in [5.41, 5.74) is 2.57. The van der Waals surface area contributed by atoms with Gasteiger partial charge in [0.1, 0.15) is 0 Å². The number of para-hydroxylation sites is 1. The van der Waals surface area contributed by atoms with Crippen LogP contribution in [-0.2, 0) is 14.3 Å². The average molecular weight is 423 g/mol. The first-order chi connectivity index (χ1) is 12.3. The molecule has 0 aliphatic carbocycles. The monoisotopic (exact) mass is 422 g/mol. The standard InChI is InChI=1S/C18H19BrN2O5/c1-10-5-4-6-11(2)16(10)21-15(22)9-20-17(23)12(3)25-18(24)13-7-8-14(19)26-13/h4-8,12H,9H2,1-3H3,(H,20,23)(H,21,22)/t12-/m0/s1. The van der Waals surface area contributed by atoms with E-state index < -0.39 is 18.0 Å². The Morgan fingerprint density at radius 1 is 1.15 bits per heavy atom. The normalized spacial score (nSPS) is 11.5. The molecular weight excluding hydrogens is 404 g/mol. The van der Waals surface area contributed by atoms with Crippen molar-refractivity contribution in [1.82, 2.24) is 5.32 Å². The van der Waals surface area contributed by atoms with E-state index in [0.717, 1.165) is 16.8 Å². The van der Waals surface area contributed by atoms with Gasteiger partial charge in [-0.2, -0.15) is 0 Å². The fourth-order valence-electron chi connectivity index (χ4n) is 2.20. The molecule has 0 spiro atoms. The molecule has 0 bridgehead atoms. The van der Waals surface area contributed by atoms with Crippen LogP contribution in [0.5, 0.6) is 0 Å². The maximum atomic E-state index is 12.0. The fraction of sp³-hybridized carbons (Fsp3) is 0.278. The third-order valence-electron chi connectivity index (χ3n) is 3.60. The molecule has 1 heterocycles. The van der Waals surface area contributed by atoms with Crippen molar-refractivity contribution in [2.24, 2.45) is 0 Å². The van der Waals surface area contributed by atoms with E-state index in [2.05, 4.69) is 26.6 Å². The first kappa shape index (κ1) is 19.7. The highest BCUT2D eigenvalue weighted by atomic mass is 79.9. The van der Waals surface area contributed by atoms with Gasteiger partial charge in [0.05, 0.1) is 6.54 Å². The van der Waals surface area contributed by atoms with Crippen molar-refractivity contribution < 1.29 is 23.5 Å². The highest BCUT2D eigenvalue weighted by molar-refractivity contribution is 9.10. The zero-order valence-corrected chi connectivity index (χ0v) is 16.2. The van der Waals surface area contributed by atoms with E-state index in [1.807, 2.05) is 32.0 Å². The number of hydrogen-bond donors (Lipinski definition) is 2. The van der Waals surface area contributed by atoms with Crippen molar-refractivity contribution in [2.75, 3.05) is 11.9 Å². The minimum absolute atomic E-state index is 0.0238. The Hall–Kier alpha value is -2.61. The Bertz CT molecular complexity index is 810. The summed E-state index contributed by atoms with van der Waals surface area (Å²) < 4.78 is 10.4. The van der Waals surface area contributed by atoms with Crippen LogP contribution in [0.1, 0.15) is 28.6 Å². The van der Waals surface area contributed by atoms with E-state index in [9.17, 15) is 14.4 Å². The number of nitrogens with one attached hydrogen (secondary N) is 2. The Morgan fingerprint density at radius 2 is 1.81 bits per heavy atom. The van der Waals surface area contributed by atoms with Crippen molar-refractivity contribution in [3.8, 4) is 0 Å². The number of rotatable bonds is 6. The lowest BCUT2D eigenvalue weighted by atomic mass is 10.1. The molecule has 8 heteroatoms. The molecule has 0 saturated carbocycles. The van der Waals surface area contributed by atoms with Gasteiger partial charge in [0.15, 0.2) is 10.8 Å². The van der Waals surface area contributed by atoms with Gasteiger partial charge in [-0.1, -0.05) is 18.2 Å². The van der Waals surface area contributed by atoms with Crippen LogP contribution in [0.15, 0.2) is 39.4 Å². The van der Waals surface area contributed by atoms with Gasteiger partial charge in [0.25, 0.3) is 5.91 Å². The second kappa shape index (κ2) is 8.66. The van der Waals surface area contributed by atoms with Gasteiger partial charge in [-0.25, -0.2) is 4.79 Å². The molecule has 0 aliphatic rings. The van der Waals surface area contributed by atoms with Crippen LogP contribution in [0.4, 0.5) is 5.69 Å². The van der Waals surface area contributed by atoms with Crippen molar-refractivity contribution >= 4 is 39.4 Å². The maximum Gasteiger partial charge on any atom is 0.375 e. The Labute approximate surface area is 159 Å². The molecule has 0 saturated heterocycles. The van der Waals surface area contributed by atoms with Crippen molar-refractivity contribution in [2.45, 2.75) is 26.9 Å². The molecule has 26 heavy (non-hydrogen) atoms. The molecule has 2 amide bonds. The van der Waals surface area contributed by atoms with Crippen LogP contribution in [0.3, 0.4) is 0 Å². The van der Waals surface area contributed by atoms with Crippen LogP contribution >= 0.6 is 15.9 Å². The van der Waals surface area contributed by atoms with Crippen LogP contribution < -0.4 is 10.6 Å². The SMILES string of the molecule is Cc1cccc(C)c1NC(=O)CNC(=O)[C@H](C)OC(=O)c1ccc(Br)o1. The van der Waals surface area contributed by atoms with Crippen LogP contribution in [0.2, 0.25) is 0 Å². The zero-order chi connectivity index (χ0) is 19.3. The number of carbonyl (C=O) groups excluding carboxylic acids is 3. The third-order valence-corrected chi connectivity index (χ3v) is 4.02. The summed E-state index contributed by atoms with van der Waals surface area (Å²) in [6.45, 7) is 4.95. The number of benzene rings is 1. The number of halogens is 1. The van der Waals surface area contributed by atoms with E-state index in [4.69, 9.17) is 9.15 Å². The summed E-state index contributed by atoms with van der Waals surface area (Å²) in [5, 5.41) is 5.20. The minimum atomic E-state index is -1.07. The molecule has 2 aromatic rings. The molecule has 1 aromatic carbocycles. The molecular formula is C18H19BrN2O5. The summed E-state index contributed by atoms with van der Waals surface area (Å²) in [4.78, 5) is 35.9. The van der Waals surface area contributed by atoms with Gasteiger partial charge in [-0.15, -0.1) is 0 Å². The summed E-state index contributed by atoms with van der Waals surface area (Å²) in [5.74, 6) is -1.74. The lowest BCUT2D eigenvalue weighted by Gasteiger charge is -2.14. The predicted molar refractivity (Wildman–Crippen MR) is 98.8 cm³/mol. The van der Waals surface area contributed by atoms with Gasteiger partial charge >= 0.3 is 5.97 Å². The molecule has 138 valence electrons.